The summed E-state index contributed by atoms with van der Waals surface area (Å²) in [4.78, 5) is 0. The van der Waals surface area contributed by atoms with Crippen molar-refractivity contribution in [2.45, 2.75) is 19.7 Å². The Morgan fingerprint density at radius 2 is 2.00 bits per heavy atom. The summed E-state index contributed by atoms with van der Waals surface area (Å²) < 4.78 is 24.1. The Morgan fingerprint density at radius 1 is 1.33 bits per heavy atom. The van der Waals surface area contributed by atoms with E-state index in [0.29, 0.717) is 13.1 Å². The number of sulfonamides is 1. The largest absolute Gasteiger partial charge is 0.392 e. The molecule has 0 spiro atoms. The van der Waals surface area contributed by atoms with Gasteiger partial charge in [0.1, 0.15) is 0 Å². The predicted molar refractivity (Wildman–Crippen MR) is 56.5 cm³/mol. The number of hydrogen-bond acceptors (Lipinski definition) is 3. The van der Waals surface area contributed by atoms with Gasteiger partial charge >= 0.3 is 0 Å². The normalized spacial score (nSPS) is 16.7. The third-order valence-corrected chi connectivity index (χ3v) is 3.81. The highest BCUT2D eigenvalue weighted by Gasteiger charge is 2.25. The molecule has 1 aliphatic rings. The number of aliphatic hydroxyl groups is 1. The van der Waals surface area contributed by atoms with Crippen LogP contribution in [0.1, 0.15) is 16.7 Å². The minimum atomic E-state index is -3.12. The van der Waals surface area contributed by atoms with Crippen LogP contribution in [-0.4, -0.2) is 24.1 Å². The van der Waals surface area contributed by atoms with Crippen LogP contribution in [-0.2, 0) is 29.7 Å². The van der Waals surface area contributed by atoms with Crippen molar-refractivity contribution in [3.63, 3.8) is 0 Å². The first kappa shape index (κ1) is 10.6. The van der Waals surface area contributed by atoms with E-state index < -0.39 is 10.0 Å². The highest BCUT2D eigenvalue weighted by molar-refractivity contribution is 7.88. The molecule has 1 aliphatic heterocycles. The number of benzene rings is 1. The Balaban J connectivity index is 2.31. The fourth-order valence-corrected chi connectivity index (χ4v) is 2.50. The van der Waals surface area contributed by atoms with Crippen molar-refractivity contribution < 1.29 is 13.5 Å². The highest BCUT2D eigenvalue weighted by atomic mass is 32.2. The van der Waals surface area contributed by atoms with Crippen molar-refractivity contribution in [3.8, 4) is 0 Å². The summed E-state index contributed by atoms with van der Waals surface area (Å²) in [5.41, 5.74) is 2.84. The van der Waals surface area contributed by atoms with Gasteiger partial charge in [0.25, 0.3) is 0 Å². The van der Waals surface area contributed by atoms with Gasteiger partial charge in [-0.15, -0.1) is 0 Å². The van der Waals surface area contributed by atoms with Gasteiger partial charge in [0.15, 0.2) is 0 Å². The lowest BCUT2D eigenvalue weighted by atomic mass is 10.1. The molecule has 1 aromatic carbocycles. The van der Waals surface area contributed by atoms with Crippen LogP contribution in [0.3, 0.4) is 0 Å². The fraction of sp³-hybridized carbons (Fsp3) is 0.400. The van der Waals surface area contributed by atoms with Gasteiger partial charge in [0.05, 0.1) is 12.9 Å². The molecule has 0 atom stereocenters. The van der Waals surface area contributed by atoms with E-state index in [-0.39, 0.29) is 6.61 Å². The second-order valence-corrected chi connectivity index (χ2v) is 5.77. The average molecular weight is 227 g/mol. The summed E-state index contributed by atoms with van der Waals surface area (Å²) in [6, 6.07) is 5.57. The molecule has 0 radical (unpaired) electrons. The number of nitrogens with zero attached hydrogens (tertiary/aromatic N) is 1. The first-order valence-corrected chi connectivity index (χ1v) is 6.52. The van der Waals surface area contributed by atoms with Crippen LogP contribution < -0.4 is 0 Å². The molecule has 2 rings (SSSR count). The van der Waals surface area contributed by atoms with Crippen molar-refractivity contribution in [3.05, 3.63) is 34.9 Å². The molecule has 1 heterocycles. The zero-order valence-corrected chi connectivity index (χ0v) is 9.29. The Hall–Kier alpha value is -0.910. The van der Waals surface area contributed by atoms with Crippen molar-refractivity contribution in [2.24, 2.45) is 0 Å². The van der Waals surface area contributed by atoms with Crippen LogP contribution in [0.4, 0.5) is 0 Å². The summed E-state index contributed by atoms with van der Waals surface area (Å²) in [5, 5.41) is 8.96. The Kier molecular flexibility index (Phi) is 2.54. The van der Waals surface area contributed by atoms with Crippen molar-refractivity contribution in [1.29, 1.82) is 0 Å². The molecular formula is C10H13NO3S. The van der Waals surface area contributed by atoms with Gasteiger partial charge in [0.2, 0.25) is 10.0 Å². The number of hydrogen-bond donors (Lipinski definition) is 1. The van der Waals surface area contributed by atoms with Crippen LogP contribution in [0.15, 0.2) is 18.2 Å². The molecule has 0 saturated heterocycles. The Bertz CT molecular complexity index is 481. The van der Waals surface area contributed by atoms with Crippen LogP contribution in [0, 0.1) is 0 Å². The summed E-state index contributed by atoms with van der Waals surface area (Å²) in [6.45, 7) is 0.855. The van der Waals surface area contributed by atoms with E-state index in [4.69, 9.17) is 5.11 Å². The molecule has 4 nitrogen and oxygen atoms in total. The van der Waals surface area contributed by atoms with E-state index in [2.05, 4.69) is 0 Å². The minimum Gasteiger partial charge on any atom is -0.392 e. The van der Waals surface area contributed by atoms with Crippen LogP contribution >= 0.6 is 0 Å². The third kappa shape index (κ3) is 2.04. The van der Waals surface area contributed by atoms with Crippen LogP contribution in [0.5, 0.6) is 0 Å². The molecule has 0 aromatic heterocycles. The molecule has 0 fully saturated rings. The summed E-state index contributed by atoms with van der Waals surface area (Å²) in [7, 11) is -3.12. The van der Waals surface area contributed by atoms with E-state index in [9.17, 15) is 8.42 Å². The van der Waals surface area contributed by atoms with E-state index >= 15 is 0 Å². The molecule has 82 valence electrons. The van der Waals surface area contributed by atoms with Crippen molar-refractivity contribution in [1.82, 2.24) is 4.31 Å². The van der Waals surface area contributed by atoms with E-state index in [1.807, 2.05) is 18.2 Å². The van der Waals surface area contributed by atoms with Crippen LogP contribution in [0.2, 0.25) is 0 Å². The molecular weight excluding hydrogens is 214 g/mol. The first-order valence-electron chi connectivity index (χ1n) is 4.67. The lowest BCUT2D eigenvalue weighted by Crippen LogP contribution is -2.23. The van der Waals surface area contributed by atoms with E-state index in [1.165, 1.54) is 10.6 Å². The molecule has 0 aliphatic carbocycles. The average Bonchev–Trinajstić information content (AvgIpc) is 2.59. The van der Waals surface area contributed by atoms with Gasteiger partial charge in [-0.3, -0.25) is 0 Å². The second-order valence-electron chi connectivity index (χ2n) is 3.79. The standard InChI is InChI=1S/C10H13NO3S/c1-15(13,14)11-5-9-3-2-8(7-12)4-10(9)6-11/h2-4,12H,5-7H2,1H3. The summed E-state index contributed by atoms with van der Waals surface area (Å²) in [5.74, 6) is 0. The second kappa shape index (κ2) is 3.59. The maximum Gasteiger partial charge on any atom is 0.211 e. The lowest BCUT2D eigenvalue weighted by Gasteiger charge is -2.10. The third-order valence-electron chi connectivity index (χ3n) is 2.62. The Labute approximate surface area is 89.2 Å². The van der Waals surface area contributed by atoms with Gasteiger partial charge in [-0.2, -0.15) is 4.31 Å². The molecule has 5 heteroatoms. The molecule has 15 heavy (non-hydrogen) atoms. The number of rotatable bonds is 2. The van der Waals surface area contributed by atoms with Crippen molar-refractivity contribution in [2.75, 3.05) is 6.26 Å². The zero-order chi connectivity index (χ0) is 11.1. The first-order chi connectivity index (χ1) is 7.00. The smallest absolute Gasteiger partial charge is 0.211 e. The number of aliphatic hydroxyl groups excluding tert-OH is 1. The van der Waals surface area contributed by atoms with Crippen molar-refractivity contribution >= 4 is 10.0 Å². The quantitative estimate of drug-likeness (QED) is 0.798. The lowest BCUT2D eigenvalue weighted by molar-refractivity contribution is 0.281. The minimum absolute atomic E-state index is 0.00778. The highest BCUT2D eigenvalue weighted by Crippen LogP contribution is 2.25. The molecule has 1 aromatic rings. The number of fused-ring (bicyclic) bond motifs is 1. The topological polar surface area (TPSA) is 57.6 Å². The molecule has 0 bridgehead atoms. The van der Waals surface area contributed by atoms with E-state index in [1.54, 1.807) is 0 Å². The molecule has 0 amide bonds. The molecule has 0 unspecified atom stereocenters. The summed E-state index contributed by atoms with van der Waals surface area (Å²) >= 11 is 0. The van der Waals surface area contributed by atoms with E-state index in [0.717, 1.165) is 16.7 Å². The Morgan fingerprint density at radius 3 is 2.60 bits per heavy atom. The molecule has 0 saturated carbocycles. The zero-order valence-electron chi connectivity index (χ0n) is 8.47. The maximum atomic E-state index is 11.3. The van der Waals surface area contributed by atoms with Gasteiger partial charge in [0, 0.05) is 13.1 Å². The SMILES string of the molecule is CS(=O)(=O)N1Cc2ccc(CO)cc2C1. The van der Waals surface area contributed by atoms with Gasteiger partial charge in [-0.1, -0.05) is 18.2 Å². The fourth-order valence-electron chi connectivity index (χ4n) is 1.75. The monoisotopic (exact) mass is 227 g/mol. The van der Waals surface area contributed by atoms with Crippen LogP contribution in [0.25, 0.3) is 0 Å². The predicted octanol–water partition coefficient (Wildman–Crippen LogP) is 0.454. The van der Waals surface area contributed by atoms with Gasteiger partial charge in [-0.05, 0) is 16.7 Å². The van der Waals surface area contributed by atoms with Gasteiger partial charge < -0.3 is 5.11 Å². The summed E-state index contributed by atoms with van der Waals surface area (Å²) in [6.07, 6.45) is 1.21. The maximum absolute atomic E-state index is 11.3. The molecule has 1 N–H and O–H groups in total. The van der Waals surface area contributed by atoms with Gasteiger partial charge in [-0.25, -0.2) is 8.42 Å².